The molecule has 1 aromatic carbocycles. The van der Waals surface area contributed by atoms with E-state index in [1.165, 1.54) is 14.2 Å². The Balaban J connectivity index is 2.14. The topological polar surface area (TPSA) is 57.1 Å². The van der Waals surface area contributed by atoms with Gasteiger partial charge in [0, 0.05) is 6.08 Å². The predicted molar refractivity (Wildman–Crippen MR) is 69.6 cm³/mol. The van der Waals surface area contributed by atoms with Gasteiger partial charge >= 0.3 is 5.97 Å². The normalized spacial score (nSPS) is 19.8. The van der Waals surface area contributed by atoms with E-state index in [2.05, 4.69) is 9.73 Å². The van der Waals surface area contributed by atoms with E-state index in [0.29, 0.717) is 12.3 Å². The highest BCUT2D eigenvalue weighted by molar-refractivity contribution is 6.12. The molecule has 2 rings (SSSR count). The third-order valence-corrected chi connectivity index (χ3v) is 2.67. The highest BCUT2D eigenvalue weighted by Gasteiger charge is 2.33. The standard InChI is InChI=1S/C14H15NO4/c1-17-12-8-11(13(19-12)14(16)18-2)15-9-10-6-4-3-5-7-10/h3-8,13H,9H2,1-2H3. The first-order chi connectivity index (χ1) is 9.24. The van der Waals surface area contributed by atoms with E-state index >= 15 is 0 Å². The number of carbonyl (C=O) groups excluding carboxylic acids is 1. The molecule has 5 heteroatoms. The summed E-state index contributed by atoms with van der Waals surface area (Å²) >= 11 is 0. The second-order valence-corrected chi connectivity index (χ2v) is 3.92. The maximum absolute atomic E-state index is 11.6. The molecule has 0 spiro atoms. The van der Waals surface area contributed by atoms with Gasteiger partial charge < -0.3 is 14.2 Å². The lowest BCUT2D eigenvalue weighted by atomic mass is 10.2. The van der Waals surface area contributed by atoms with Crippen LogP contribution in [0.5, 0.6) is 0 Å². The van der Waals surface area contributed by atoms with E-state index < -0.39 is 12.1 Å². The van der Waals surface area contributed by atoms with Gasteiger partial charge in [0.2, 0.25) is 6.10 Å². The summed E-state index contributed by atoms with van der Waals surface area (Å²) in [5.74, 6) is -0.225. The lowest BCUT2D eigenvalue weighted by Gasteiger charge is -2.10. The molecule has 19 heavy (non-hydrogen) atoms. The first-order valence-electron chi connectivity index (χ1n) is 5.83. The maximum atomic E-state index is 11.6. The lowest BCUT2D eigenvalue weighted by Crippen LogP contribution is -2.29. The van der Waals surface area contributed by atoms with Crippen LogP contribution in [0.4, 0.5) is 0 Å². The van der Waals surface area contributed by atoms with Crippen molar-refractivity contribution >= 4 is 11.7 Å². The average molecular weight is 261 g/mol. The molecular formula is C14H15NO4. The minimum absolute atomic E-state index is 0.266. The van der Waals surface area contributed by atoms with Gasteiger partial charge in [-0.15, -0.1) is 0 Å². The second-order valence-electron chi connectivity index (χ2n) is 3.92. The number of hydrogen-bond donors (Lipinski definition) is 0. The van der Waals surface area contributed by atoms with Crippen LogP contribution in [0, 0.1) is 0 Å². The first kappa shape index (κ1) is 13.1. The van der Waals surface area contributed by atoms with Crippen LogP contribution in [0.1, 0.15) is 5.56 Å². The van der Waals surface area contributed by atoms with E-state index in [1.807, 2.05) is 30.3 Å². The summed E-state index contributed by atoms with van der Waals surface area (Å²) in [5.41, 5.74) is 1.56. The summed E-state index contributed by atoms with van der Waals surface area (Å²) in [6, 6.07) is 9.75. The molecule has 0 aliphatic carbocycles. The van der Waals surface area contributed by atoms with Gasteiger partial charge in [0.25, 0.3) is 5.95 Å². The van der Waals surface area contributed by atoms with Gasteiger partial charge in [-0.3, -0.25) is 4.99 Å². The van der Waals surface area contributed by atoms with Gasteiger partial charge in [-0.05, 0) is 5.56 Å². The third kappa shape index (κ3) is 3.13. The summed E-state index contributed by atoms with van der Waals surface area (Å²) in [6.45, 7) is 0.473. The number of aliphatic imine (C=N–C) groups is 1. The molecule has 0 saturated heterocycles. The predicted octanol–water partition coefficient (Wildman–Crippen LogP) is 1.69. The Kier molecular flexibility index (Phi) is 4.18. The maximum Gasteiger partial charge on any atom is 0.353 e. The highest BCUT2D eigenvalue weighted by Crippen LogP contribution is 2.17. The van der Waals surface area contributed by atoms with E-state index in [9.17, 15) is 4.79 Å². The molecule has 0 fully saturated rings. The van der Waals surface area contributed by atoms with Crippen LogP contribution in [0.2, 0.25) is 0 Å². The third-order valence-electron chi connectivity index (χ3n) is 2.67. The Hall–Kier alpha value is -2.30. The Morgan fingerprint density at radius 2 is 2.05 bits per heavy atom. The Labute approximate surface area is 111 Å². The zero-order valence-electron chi connectivity index (χ0n) is 10.8. The van der Waals surface area contributed by atoms with Crippen LogP contribution < -0.4 is 0 Å². The molecule has 0 saturated carbocycles. The molecular weight excluding hydrogens is 246 g/mol. The number of hydrogen-bond acceptors (Lipinski definition) is 5. The average Bonchev–Trinajstić information content (AvgIpc) is 2.88. The minimum Gasteiger partial charge on any atom is -0.469 e. The molecule has 0 bridgehead atoms. The molecule has 0 radical (unpaired) electrons. The number of carbonyl (C=O) groups is 1. The van der Waals surface area contributed by atoms with Gasteiger partial charge in [0.05, 0.1) is 26.5 Å². The SMILES string of the molecule is COC(=O)C1OC(OC)=CC1=NCc1ccccc1. The van der Waals surface area contributed by atoms with Crippen LogP contribution in [-0.2, 0) is 25.5 Å². The fraction of sp³-hybridized carbons (Fsp3) is 0.286. The van der Waals surface area contributed by atoms with Crippen molar-refractivity contribution in [3.8, 4) is 0 Å². The van der Waals surface area contributed by atoms with Crippen LogP contribution in [0.3, 0.4) is 0 Å². The molecule has 0 aromatic heterocycles. The van der Waals surface area contributed by atoms with Crippen molar-refractivity contribution in [1.29, 1.82) is 0 Å². The molecule has 1 heterocycles. The van der Waals surface area contributed by atoms with Crippen molar-refractivity contribution in [1.82, 2.24) is 0 Å². The van der Waals surface area contributed by atoms with Crippen molar-refractivity contribution in [3.63, 3.8) is 0 Å². The fourth-order valence-corrected chi connectivity index (χ4v) is 1.68. The van der Waals surface area contributed by atoms with E-state index in [-0.39, 0.29) is 5.95 Å². The van der Waals surface area contributed by atoms with E-state index in [4.69, 9.17) is 9.47 Å². The highest BCUT2D eigenvalue weighted by atomic mass is 16.7. The smallest absolute Gasteiger partial charge is 0.353 e. The number of rotatable bonds is 4. The number of methoxy groups -OCH3 is 2. The van der Waals surface area contributed by atoms with Gasteiger partial charge in [-0.1, -0.05) is 30.3 Å². The summed E-state index contributed by atoms with van der Waals surface area (Å²) in [4.78, 5) is 16.0. The molecule has 0 amide bonds. The molecule has 1 atom stereocenters. The molecule has 100 valence electrons. The molecule has 0 N–H and O–H groups in total. The monoisotopic (exact) mass is 261 g/mol. The second kappa shape index (κ2) is 6.04. The number of ether oxygens (including phenoxy) is 3. The van der Waals surface area contributed by atoms with Crippen LogP contribution >= 0.6 is 0 Å². The fourth-order valence-electron chi connectivity index (χ4n) is 1.68. The van der Waals surface area contributed by atoms with Crippen molar-refractivity contribution in [2.75, 3.05) is 14.2 Å². The van der Waals surface area contributed by atoms with Crippen molar-refractivity contribution in [2.24, 2.45) is 4.99 Å². The summed E-state index contributed by atoms with van der Waals surface area (Å²) in [7, 11) is 2.78. The van der Waals surface area contributed by atoms with Crippen molar-refractivity contribution < 1.29 is 19.0 Å². The van der Waals surface area contributed by atoms with Crippen molar-refractivity contribution in [2.45, 2.75) is 12.6 Å². The minimum atomic E-state index is -0.844. The molecule has 1 aliphatic rings. The Morgan fingerprint density at radius 1 is 1.32 bits per heavy atom. The quantitative estimate of drug-likeness (QED) is 0.774. The summed E-state index contributed by atoms with van der Waals surface area (Å²) < 4.78 is 14.9. The van der Waals surface area contributed by atoms with Gasteiger partial charge in [-0.25, -0.2) is 4.79 Å². The lowest BCUT2D eigenvalue weighted by molar-refractivity contribution is -0.149. The molecule has 1 unspecified atom stereocenters. The van der Waals surface area contributed by atoms with Gasteiger partial charge in [0.1, 0.15) is 0 Å². The van der Waals surface area contributed by atoms with Crippen LogP contribution in [0.15, 0.2) is 47.3 Å². The van der Waals surface area contributed by atoms with Gasteiger partial charge in [0.15, 0.2) is 0 Å². The summed E-state index contributed by atoms with van der Waals surface area (Å²) in [6.07, 6.45) is 0.758. The molecule has 5 nitrogen and oxygen atoms in total. The van der Waals surface area contributed by atoms with E-state index in [1.54, 1.807) is 6.08 Å². The van der Waals surface area contributed by atoms with E-state index in [0.717, 1.165) is 5.56 Å². The first-order valence-corrected chi connectivity index (χ1v) is 5.83. The number of benzene rings is 1. The molecule has 1 aliphatic heterocycles. The number of nitrogens with zero attached hydrogens (tertiary/aromatic N) is 1. The number of esters is 1. The summed E-state index contributed by atoms with van der Waals surface area (Å²) in [5, 5.41) is 0. The zero-order valence-corrected chi connectivity index (χ0v) is 10.8. The Morgan fingerprint density at radius 3 is 2.68 bits per heavy atom. The largest absolute Gasteiger partial charge is 0.469 e. The van der Waals surface area contributed by atoms with Crippen LogP contribution in [-0.4, -0.2) is 32.0 Å². The van der Waals surface area contributed by atoms with Crippen molar-refractivity contribution in [3.05, 3.63) is 47.9 Å². The van der Waals surface area contributed by atoms with Crippen LogP contribution in [0.25, 0.3) is 0 Å². The Bertz CT molecular complexity index is 507. The molecule has 1 aromatic rings. The van der Waals surface area contributed by atoms with Gasteiger partial charge in [-0.2, -0.15) is 0 Å². The zero-order chi connectivity index (χ0) is 13.7.